The molecule has 2 nitrogen and oxygen atoms in total. The van der Waals surface area contributed by atoms with Crippen LogP contribution in [0.3, 0.4) is 0 Å². The van der Waals surface area contributed by atoms with E-state index in [-0.39, 0.29) is 0 Å². The Morgan fingerprint density at radius 1 is 1.28 bits per heavy atom. The van der Waals surface area contributed by atoms with Gasteiger partial charge in [0.25, 0.3) is 0 Å². The Labute approximate surface area is 113 Å². The Balaban J connectivity index is 1.98. The van der Waals surface area contributed by atoms with Crippen molar-refractivity contribution in [3.8, 4) is 0 Å². The Kier molecular flexibility index (Phi) is 4.90. The maximum absolute atomic E-state index is 4.71. The fourth-order valence-electron chi connectivity index (χ4n) is 1.84. The molecule has 0 amide bonds. The first-order valence-corrected chi connectivity index (χ1v) is 7.39. The zero-order valence-corrected chi connectivity index (χ0v) is 11.8. The molecule has 18 heavy (non-hydrogen) atoms. The summed E-state index contributed by atoms with van der Waals surface area (Å²) in [5.74, 6) is 0. The van der Waals surface area contributed by atoms with E-state index in [9.17, 15) is 0 Å². The van der Waals surface area contributed by atoms with Gasteiger partial charge in [0.2, 0.25) is 0 Å². The monoisotopic (exact) mass is 260 g/mol. The molecule has 96 valence electrons. The lowest BCUT2D eigenvalue weighted by Gasteiger charge is -2.09. The van der Waals surface area contributed by atoms with Crippen molar-refractivity contribution in [3.05, 3.63) is 52.0 Å². The van der Waals surface area contributed by atoms with E-state index >= 15 is 0 Å². The molecule has 0 saturated heterocycles. The number of thiazole rings is 1. The average molecular weight is 260 g/mol. The molecule has 1 N–H and O–H groups in total. The molecule has 0 aliphatic heterocycles. The number of nitrogens with one attached hydrogen (secondary N) is 1. The average Bonchev–Trinajstić information content (AvgIpc) is 2.86. The summed E-state index contributed by atoms with van der Waals surface area (Å²) in [6, 6.07) is 10.9. The second kappa shape index (κ2) is 6.66. The first kappa shape index (κ1) is 13.2. The van der Waals surface area contributed by atoms with Crippen molar-refractivity contribution in [2.24, 2.45) is 0 Å². The maximum Gasteiger partial charge on any atom is 0.0972 e. The normalized spacial score (nSPS) is 12.6. The van der Waals surface area contributed by atoms with E-state index in [1.807, 2.05) is 6.07 Å². The van der Waals surface area contributed by atoms with E-state index in [1.54, 1.807) is 11.3 Å². The van der Waals surface area contributed by atoms with E-state index in [2.05, 4.69) is 48.8 Å². The number of rotatable bonds is 6. The first-order valence-electron chi connectivity index (χ1n) is 6.51. The number of hydrogen-bond acceptors (Lipinski definition) is 3. The Hall–Kier alpha value is -1.19. The van der Waals surface area contributed by atoms with Gasteiger partial charge in [0, 0.05) is 17.8 Å². The number of nitrogens with zero attached hydrogens (tertiary/aromatic N) is 1. The molecule has 0 radical (unpaired) electrons. The molecule has 1 aromatic carbocycles. The third kappa shape index (κ3) is 3.65. The number of aromatic nitrogens is 1. The minimum absolute atomic E-state index is 0.353. The highest BCUT2D eigenvalue weighted by atomic mass is 32.1. The Morgan fingerprint density at radius 3 is 2.78 bits per heavy atom. The van der Waals surface area contributed by atoms with E-state index in [1.165, 1.54) is 16.3 Å². The van der Waals surface area contributed by atoms with Gasteiger partial charge in [-0.05, 0) is 25.5 Å². The minimum atomic E-state index is 0.353. The molecule has 0 aliphatic carbocycles. The van der Waals surface area contributed by atoms with Gasteiger partial charge in [0.15, 0.2) is 0 Å². The van der Waals surface area contributed by atoms with Gasteiger partial charge in [-0.25, -0.2) is 4.98 Å². The highest BCUT2D eigenvalue weighted by Crippen LogP contribution is 2.19. The van der Waals surface area contributed by atoms with Crippen molar-refractivity contribution >= 4 is 11.3 Å². The lowest BCUT2D eigenvalue weighted by molar-refractivity contribution is 0.560. The summed E-state index contributed by atoms with van der Waals surface area (Å²) in [4.78, 5) is 4.71. The van der Waals surface area contributed by atoms with Crippen LogP contribution in [-0.4, -0.2) is 11.5 Å². The molecule has 0 spiro atoms. The highest BCUT2D eigenvalue weighted by molar-refractivity contribution is 7.09. The van der Waals surface area contributed by atoms with Crippen molar-refractivity contribution in [1.29, 1.82) is 0 Å². The van der Waals surface area contributed by atoms with E-state index in [0.29, 0.717) is 6.04 Å². The third-order valence-electron chi connectivity index (χ3n) is 2.91. The van der Waals surface area contributed by atoms with Gasteiger partial charge in [0.05, 0.1) is 10.7 Å². The minimum Gasteiger partial charge on any atom is -0.309 e. The van der Waals surface area contributed by atoms with Crippen molar-refractivity contribution < 1.29 is 0 Å². The van der Waals surface area contributed by atoms with Gasteiger partial charge in [-0.15, -0.1) is 11.3 Å². The van der Waals surface area contributed by atoms with Gasteiger partial charge < -0.3 is 5.32 Å². The van der Waals surface area contributed by atoms with E-state index in [4.69, 9.17) is 4.98 Å². The molecule has 0 aliphatic rings. The standard InChI is InChI=1S/C15H20N2S/c1-3-9-16-12(2)14-11-18-15(17-14)10-13-7-5-4-6-8-13/h4-8,11-12,16H,3,9-10H2,1-2H3. The predicted molar refractivity (Wildman–Crippen MR) is 78.1 cm³/mol. The van der Waals surface area contributed by atoms with E-state index < -0.39 is 0 Å². The fraction of sp³-hybridized carbons (Fsp3) is 0.400. The smallest absolute Gasteiger partial charge is 0.0972 e. The summed E-state index contributed by atoms with van der Waals surface area (Å²) < 4.78 is 0. The molecule has 0 bridgehead atoms. The summed E-state index contributed by atoms with van der Waals surface area (Å²) in [7, 11) is 0. The summed E-state index contributed by atoms with van der Waals surface area (Å²) in [5.41, 5.74) is 2.49. The summed E-state index contributed by atoms with van der Waals surface area (Å²) in [5, 5.41) is 6.84. The maximum atomic E-state index is 4.71. The second-order valence-corrected chi connectivity index (χ2v) is 5.45. The third-order valence-corrected chi connectivity index (χ3v) is 3.78. The zero-order valence-electron chi connectivity index (χ0n) is 11.0. The Morgan fingerprint density at radius 2 is 2.06 bits per heavy atom. The molecule has 3 heteroatoms. The lowest BCUT2D eigenvalue weighted by atomic mass is 10.2. The molecular weight excluding hydrogens is 240 g/mol. The predicted octanol–water partition coefficient (Wildman–Crippen LogP) is 3.79. The van der Waals surface area contributed by atoms with Gasteiger partial charge in [0.1, 0.15) is 0 Å². The van der Waals surface area contributed by atoms with Crippen LogP contribution in [0.25, 0.3) is 0 Å². The van der Waals surface area contributed by atoms with Crippen LogP contribution in [0, 0.1) is 0 Å². The molecular formula is C15H20N2S. The topological polar surface area (TPSA) is 24.9 Å². The van der Waals surface area contributed by atoms with Crippen molar-refractivity contribution in [1.82, 2.24) is 10.3 Å². The van der Waals surface area contributed by atoms with Crippen LogP contribution in [-0.2, 0) is 6.42 Å². The fourth-order valence-corrected chi connectivity index (χ4v) is 2.76. The van der Waals surface area contributed by atoms with Crippen LogP contribution in [0.2, 0.25) is 0 Å². The zero-order chi connectivity index (χ0) is 12.8. The Bertz CT molecular complexity index is 464. The molecule has 2 rings (SSSR count). The summed E-state index contributed by atoms with van der Waals surface area (Å²) in [6.07, 6.45) is 2.09. The van der Waals surface area contributed by atoms with Crippen molar-refractivity contribution in [2.75, 3.05) is 6.54 Å². The first-order chi connectivity index (χ1) is 8.79. The van der Waals surface area contributed by atoms with Gasteiger partial charge in [-0.2, -0.15) is 0 Å². The van der Waals surface area contributed by atoms with Crippen LogP contribution < -0.4 is 5.32 Å². The molecule has 1 atom stereocenters. The molecule has 0 fully saturated rings. The lowest BCUT2D eigenvalue weighted by Crippen LogP contribution is -2.19. The quantitative estimate of drug-likeness (QED) is 0.854. The molecule has 0 saturated carbocycles. The summed E-state index contributed by atoms with van der Waals surface area (Å²) >= 11 is 1.76. The van der Waals surface area contributed by atoms with Gasteiger partial charge in [-0.3, -0.25) is 0 Å². The second-order valence-electron chi connectivity index (χ2n) is 4.50. The van der Waals surface area contributed by atoms with Gasteiger partial charge >= 0.3 is 0 Å². The number of hydrogen-bond donors (Lipinski definition) is 1. The largest absolute Gasteiger partial charge is 0.309 e. The molecule has 1 unspecified atom stereocenters. The van der Waals surface area contributed by atoms with Crippen molar-refractivity contribution in [3.63, 3.8) is 0 Å². The SMILES string of the molecule is CCCNC(C)c1csc(Cc2ccccc2)n1. The molecule has 2 aromatic rings. The van der Waals surface area contributed by atoms with E-state index in [0.717, 1.165) is 19.4 Å². The van der Waals surface area contributed by atoms with Crippen molar-refractivity contribution in [2.45, 2.75) is 32.7 Å². The molecule has 1 heterocycles. The van der Waals surface area contributed by atoms with Crippen LogP contribution >= 0.6 is 11.3 Å². The number of benzene rings is 1. The highest BCUT2D eigenvalue weighted by Gasteiger charge is 2.09. The van der Waals surface area contributed by atoms with Crippen LogP contribution in [0.4, 0.5) is 0 Å². The van der Waals surface area contributed by atoms with Crippen LogP contribution in [0.5, 0.6) is 0 Å². The van der Waals surface area contributed by atoms with Crippen LogP contribution in [0.1, 0.15) is 42.6 Å². The van der Waals surface area contributed by atoms with Crippen LogP contribution in [0.15, 0.2) is 35.7 Å². The molecule has 1 aromatic heterocycles. The van der Waals surface area contributed by atoms with Gasteiger partial charge in [-0.1, -0.05) is 37.3 Å². The summed E-state index contributed by atoms with van der Waals surface area (Å²) in [6.45, 7) is 5.41.